The molecule has 0 unspecified atom stereocenters. The molecule has 0 fully saturated rings. The van der Waals surface area contributed by atoms with E-state index in [9.17, 15) is 4.79 Å². The van der Waals surface area contributed by atoms with Crippen LogP contribution in [0.5, 0.6) is 0 Å². The van der Waals surface area contributed by atoms with E-state index < -0.39 is 0 Å². The van der Waals surface area contributed by atoms with Gasteiger partial charge in [0.2, 0.25) is 5.91 Å². The third kappa shape index (κ3) is 5.02. The molecule has 0 bridgehead atoms. The molecule has 0 atom stereocenters. The maximum Gasteiger partial charge on any atom is 0.224 e. The van der Waals surface area contributed by atoms with E-state index in [0.717, 1.165) is 18.5 Å². The molecule has 0 saturated carbocycles. The summed E-state index contributed by atoms with van der Waals surface area (Å²) in [5.74, 6) is -0.00728. The zero-order valence-electron chi connectivity index (χ0n) is 8.97. The number of nitrogens with one attached hydrogen (secondary N) is 1. The standard InChI is InChI=1S/C11H14N4O/c12-15-13-9-5-4-8-11(16)14-10-6-2-1-3-7-10/h1-3,6-7H,4-5,8-9H2,(H,14,16). The normalized spacial score (nSPS) is 9.25. The predicted octanol–water partition coefficient (Wildman–Crippen LogP) is 3.11. The zero-order valence-corrected chi connectivity index (χ0v) is 8.97. The van der Waals surface area contributed by atoms with Crippen LogP contribution in [0.3, 0.4) is 0 Å². The lowest BCUT2D eigenvalue weighted by atomic mass is 10.2. The molecule has 16 heavy (non-hydrogen) atoms. The monoisotopic (exact) mass is 218 g/mol. The van der Waals surface area contributed by atoms with Gasteiger partial charge in [0.15, 0.2) is 0 Å². The molecular weight excluding hydrogens is 204 g/mol. The first-order valence-electron chi connectivity index (χ1n) is 5.18. The van der Waals surface area contributed by atoms with Crippen molar-refractivity contribution in [2.45, 2.75) is 19.3 Å². The van der Waals surface area contributed by atoms with Crippen LogP contribution in [0.2, 0.25) is 0 Å². The SMILES string of the molecule is [N-]=[N+]=NCCCCC(=O)Nc1ccccc1. The molecule has 1 rings (SSSR count). The molecule has 0 aliphatic rings. The van der Waals surface area contributed by atoms with Crippen molar-refractivity contribution in [1.29, 1.82) is 0 Å². The van der Waals surface area contributed by atoms with Gasteiger partial charge in [-0.2, -0.15) is 0 Å². The number of unbranched alkanes of at least 4 members (excludes halogenated alkanes) is 1. The van der Waals surface area contributed by atoms with Gasteiger partial charge in [-0.15, -0.1) is 0 Å². The van der Waals surface area contributed by atoms with Gasteiger partial charge in [-0.3, -0.25) is 4.79 Å². The summed E-state index contributed by atoms with van der Waals surface area (Å²) in [4.78, 5) is 14.1. The van der Waals surface area contributed by atoms with Crippen molar-refractivity contribution in [2.75, 3.05) is 11.9 Å². The number of anilines is 1. The molecule has 5 nitrogen and oxygen atoms in total. The first-order chi connectivity index (χ1) is 7.83. The van der Waals surface area contributed by atoms with Crippen molar-refractivity contribution in [1.82, 2.24) is 0 Å². The maximum absolute atomic E-state index is 11.4. The summed E-state index contributed by atoms with van der Waals surface area (Å²) < 4.78 is 0. The van der Waals surface area contributed by atoms with E-state index in [4.69, 9.17) is 5.53 Å². The van der Waals surface area contributed by atoms with Crippen molar-refractivity contribution in [3.8, 4) is 0 Å². The average molecular weight is 218 g/mol. The Morgan fingerprint density at radius 1 is 1.31 bits per heavy atom. The highest BCUT2D eigenvalue weighted by molar-refractivity contribution is 5.90. The van der Waals surface area contributed by atoms with Crippen LogP contribution in [0, 0.1) is 0 Å². The third-order valence-corrected chi connectivity index (χ3v) is 2.03. The molecule has 1 aromatic rings. The summed E-state index contributed by atoms with van der Waals surface area (Å²) in [6.45, 7) is 0.453. The molecule has 1 aromatic carbocycles. The van der Waals surface area contributed by atoms with E-state index in [1.54, 1.807) is 0 Å². The van der Waals surface area contributed by atoms with Crippen molar-refractivity contribution in [2.24, 2.45) is 5.11 Å². The van der Waals surface area contributed by atoms with Gasteiger partial charge < -0.3 is 5.32 Å². The van der Waals surface area contributed by atoms with E-state index >= 15 is 0 Å². The second-order valence-corrected chi connectivity index (χ2v) is 3.33. The highest BCUT2D eigenvalue weighted by Crippen LogP contribution is 2.06. The molecule has 0 aliphatic carbocycles. The minimum Gasteiger partial charge on any atom is -0.326 e. The molecule has 0 radical (unpaired) electrons. The largest absolute Gasteiger partial charge is 0.326 e. The number of amides is 1. The van der Waals surface area contributed by atoms with Gasteiger partial charge in [0.25, 0.3) is 0 Å². The summed E-state index contributed by atoms with van der Waals surface area (Å²) in [7, 11) is 0. The quantitative estimate of drug-likeness (QED) is 0.338. The van der Waals surface area contributed by atoms with Crippen LogP contribution in [-0.4, -0.2) is 12.5 Å². The predicted molar refractivity (Wildman–Crippen MR) is 62.9 cm³/mol. The average Bonchev–Trinajstić information content (AvgIpc) is 2.30. The second kappa shape index (κ2) is 7.31. The lowest BCUT2D eigenvalue weighted by Crippen LogP contribution is -2.10. The van der Waals surface area contributed by atoms with Gasteiger partial charge in [0, 0.05) is 23.6 Å². The number of carbonyl (C=O) groups is 1. The molecule has 0 heterocycles. The van der Waals surface area contributed by atoms with Gasteiger partial charge in [-0.05, 0) is 30.5 Å². The number of carbonyl (C=O) groups excluding carboxylic acids is 1. The topological polar surface area (TPSA) is 77.9 Å². The summed E-state index contributed by atoms with van der Waals surface area (Å²) in [6.07, 6.45) is 1.93. The summed E-state index contributed by atoms with van der Waals surface area (Å²) in [6, 6.07) is 9.33. The number of rotatable bonds is 6. The van der Waals surface area contributed by atoms with Gasteiger partial charge >= 0.3 is 0 Å². The number of hydrogen-bond donors (Lipinski definition) is 1. The summed E-state index contributed by atoms with van der Waals surface area (Å²) >= 11 is 0. The Morgan fingerprint density at radius 3 is 2.75 bits per heavy atom. The fourth-order valence-electron chi connectivity index (χ4n) is 1.26. The molecule has 0 aliphatic heterocycles. The molecular formula is C11H14N4O. The Morgan fingerprint density at radius 2 is 2.06 bits per heavy atom. The Balaban J connectivity index is 2.19. The highest BCUT2D eigenvalue weighted by atomic mass is 16.1. The summed E-state index contributed by atoms with van der Waals surface area (Å²) in [5, 5.41) is 6.19. The van der Waals surface area contributed by atoms with Crippen LogP contribution < -0.4 is 5.32 Å². The van der Waals surface area contributed by atoms with Gasteiger partial charge in [0.05, 0.1) is 0 Å². The lowest BCUT2D eigenvalue weighted by Gasteiger charge is -2.03. The first kappa shape index (κ1) is 12.1. The van der Waals surface area contributed by atoms with E-state index in [-0.39, 0.29) is 5.91 Å². The Labute approximate surface area is 94.1 Å². The van der Waals surface area contributed by atoms with Crippen LogP contribution in [0.25, 0.3) is 10.4 Å². The Bertz CT molecular complexity index is 371. The highest BCUT2D eigenvalue weighted by Gasteiger charge is 2.00. The van der Waals surface area contributed by atoms with E-state index in [1.165, 1.54) is 0 Å². The molecule has 1 amide bonds. The Hall–Kier alpha value is -2.00. The van der Waals surface area contributed by atoms with Crippen molar-refractivity contribution < 1.29 is 4.79 Å². The number of hydrogen-bond acceptors (Lipinski definition) is 2. The number of nitrogens with zero attached hydrogens (tertiary/aromatic N) is 3. The molecule has 0 spiro atoms. The smallest absolute Gasteiger partial charge is 0.224 e. The van der Waals surface area contributed by atoms with Gasteiger partial charge in [-0.1, -0.05) is 23.3 Å². The van der Waals surface area contributed by atoms with Crippen molar-refractivity contribution in [3.63, 3.8) is 0 Å². The number of para-hydroxylation sites is 1. The van der Waals surface area contributed by atoms with Gasteiger partial charge in [0.1, 0.15) is 0 Å². The second-order valence-electron chi connectivity index (χ2n) is 3.33. The fourth-order valence-corrected chi connectivity index (χ4v) is 1.26. The van der Waals surface area contributed by atoms with E-state index in [2.05, 4.69) is 15.3 Å². The summed E-state index contributed by atoms with van der Waals surface area (Å²) in [5.41, 5.74) is 8.86. The van der Waals surface area contributed by atoms with E-state index in [1.807, 2.05) is 30.3 Å². The van der Waals surface area contributed by atoms with Crippen molar-refractivity contribution in [3.05, 3.63) is 40.8 Å². The maximum atomic E-state index is 11.4. The third-order valence-electron chi connectivity index (χ3n) is 2.03. The van der Waals surface area contributed by atoms with Crippen molar-refractivity contribution >= 4 is 11.6 Å². The fraction of sp³-hybridized carbons (Fsp3) is 0.364. The first-order valence-corrected chi connectivity index (χ1v) is 5.18. The Kier molecular flexibility index (Phi) is 5.52. The lowest BCUT2D eigenvalue weighted by molar-refractivity contribution is -0.116. The molecule has 5 heteroatoms. The van der Waals surface area contributed by atoms with Crippen LogP contribution >= 0.6 is 0 Å². The molecule has 1 N–H and O–H groups in total. The molecule has 0 saturated heterocycles. The minimum absolute atomic E-state index is 0.00728. The molecule has 0 aromatic heterocycles. The van der Waals surface area contributed by atoms with Crippen LogP contribution in [0.15, 0.2) is 35.4 Å². The van der Waals surface area contributed by atoms with Crippen LogP contribution in [0.4, 0.5) is 5.69 Å². The van der Waals surface area contributed by atoms with Gasteiger partial charge in [-0.25, -0.2) is 0 Å². The van der Waals surface area contributed by atoms with Crippen LogP contribution in [0.1, 0.15) is 19.3 Å². The number of azide groups is 1. The van der Waals surface area contributed by atoms with E-state index in [0.29, 0.717) is 13.0 Å². The minimum atomic E-state index is -0.00728. The number of benzene rings is 1. The molecule has 84 valence electrons. The zero-order chi connectivity index (χ0) is 11.6. The van der Waals surface area contributed by atoms with Crippen LogP contribution in [-0.2, 0) is 4.79 Å².